The minimum absolute atomic E-state index is 0.142. The van der Waals surface area contributed by atoms with Crippen molar-refractivity contribution in [1.82, 2.24) is 15.1 Å². The molecule has 1 fully saturated rings. The standard InChI is InChI=1S/C25H33N3O/c1-22(14-15-24-11-6-3-7-12-24)26-25(29)21-28-19-17-27(18-20-28)16-8-13-23-9-4-2-5-10-23/h2-13,22H,14-21H2,1H3,(H,26,29). The second-order valence-corrected chi connectivity index (χ2v) is 7.88. The molecule has 0 aliphatic carbocycles. The quantitative estimate of drug-likeness (QED) is 0.711. The highest BCUT2D eigenvalue weighted by Gasteiger charge is 2.18. The molecule has 2 aromatic rings. The number of carbonyl (C=O) groups is 1. The third kappa shape index (κ3) is 7.84. The van der Waals surface area contributed by atoms with E-state index in [9.17, 15) is 4.79 Å². The molecule has 29 heavy (non-hydrogen) atoms. The predicted octanol–water partition coefficient (Wildman–Crippen LogP) is 3.45. The number of benzene rings is 2. The summed E-state index contributed by atoms with van der Waals surface area (Å²) in [6, 6.07) is 21.1. The molecule has 1 N–H and O–H groups in total. The number of aryl methyl sites for hydroxylation is 1. The van der Waals surface area contributed by atoms with Crippen molar-refractivity contribution in [1.29, 1.82) is 0 Å². The van der Waals surface area contributed by atoms with Crippen LogP contribution in [0.25, 0.3) is 6.08 Å². The van der Waals surface area contributed by atoms with E-state index >= 15 is 0 Å². The number of amides is 1. The molecule has 1 heterocycles. The number of nitrogens with zero attached hydrogens (tertiary/aromatic N) is 2. The zero-order valence-corrected chi connectivity index (χ0v) is 17.5. The summed E-state index contributed by atoms with van der Waals surface area (Å²) in [6.07, 6.45) is 6.37. The van der Waals surface area contributed by atoms with Gasteiger partial charge in [0.2, 0.25) is 5.91 Å². The van der Waals surface area contributed by atoms with Gasteiger partial charge in [0.15, 0.2) is 0 Å². The molecule has 1 aliphatic heterocycles. The van der Waals surface area contributed by atoms with Gasteiger partial charge in [-0.1, -0.05) is 72.8 Å². The van der Waals surface area contributed by atoms with Gasteiger partial charge in [0.1, 0.15) is 0 Å². The van der Waals surface area contributed by atoms with Gasteiger partial charge in [-0.3, -0.25) is 14.6 Å². The van der Waals surface area contributed by atoms with Crippen LogP contribution in [0.3, 0.4) is 0 Å². The molecule has 1 amide bonds. The lowest BCUT2D eigenvalue weighted by molar-refractivity contribution is -0.123. The third-order valence-electron chi connectivity index (χ3n) is 5.42. The van der Waals surface area contributed by atoms with Gasteiger partial charge in [0, 0.05) is 38.8 Å². The highest BCUT2D eigenvalue weighted by molar-refractivity contribution is 5.78. The first-order valence-corrected chi connectivity index (χ1v) is 10.7. The van der Waals surface area contributed by atoms with Crippen molar-refractivity contribution >= 4 is 12.0 Å². The normalized spacial score (nSPS) is 16.7. The number of carbonyl (C=O) groups excluding carboxylic acids is 1. The summed E-state index contributed by atoms with van der Waals surface area (Å²) < 4.78 is 0. The van der Waals surface area contributed by atoms with Crippen LogP contribution in [-0.2, 0) is 11.2 Å². The second kappa shape index (κ2) is 11.5. The van der Waals surface area contributed by atoms with Crippen molar-refractivity contribution in [2.45, 2.75) is 25.8 Å². The first kappa shape index (κ1) is 21.3. The van der Waals surface area contributed by atoms with Crippen molar-refractivity contribution in [3.05, 3.63) is 77.9 Å². The molecule has 0 saturated carbocycles. The smallest absolute Gasteiger partial charge is 0.234 e. The van der Waals surface area contributed by atoms with Gasteiger partial charge in [0.05, 0.1) is 6.54 Å². The first-order valence-electron chi connectivity index (χ1n) is 10.7. The molecule has 0 spiro atoms. The highest BCUT2D eigenvalue weighted by atomic mass is 16.2. The summed E-state index contributed by atoms with van der Waals surface area (Å²) in [7, 11) is 0. The van der Waals surface area contributed by atoms with Gasteiger partial charge in [-0.05, 0) is 30.9 Å². The molecule has 154 valence electrons. The Balaban J connectivity index is 1.30. The molecule has 0 radical (unpaired) electrons. The van der Waals surface area contributed by atoms with E-state index in [1.165, 1.54) is 11.1 Å². The molecule has 1 atom stereocenters. The lowest BCUT2D eigenvalue weighted by Crippen LogP contribution is -2.50. The SMILES string of the molecule is CC(CCc1ccccc1)NC(=O)CN1CCN(CC=Cc2ccccc2)CC1. The maximum absolute atomic E-state index is 12.4. The van der Waals surface area contributed by atoms with Gasteiger partial charge in [-0.15, -0.1) is 0 Å². The van der Waals surface area contributed by atoms with Gasteiger partial charge in [-0.25, -0.2) is 0 Å². The molecule has 1 saturated heterocycles. The average Bonchev–Trinajstić information content (AvgIpc) is 2.75. The van der Waals surface area contributed by atoms with Crippen LogP contribution in [0, 0.1) is 0 Å². The molecule has 0 aromatic heterocycles. The van der Waals surface area contributed by atoms with E-state index < -0.39 is 0 Å². The lowest BCUT2D eigenvalue weighted by Gasteiger charge is -2.33. The molecular weight excluding hydrogens is 358 g/mol. The van der Waals surface area contributed by atoms with E-state index in [0.717, 1.165) is 45.6 Å². The van der Waals surface area contributed by atoms with Crippen LogP contribution in [0.15, 0.2) is 66.7 Å². The Hall–Kier alpha value is -2.43. The van der Waals surface area contributed by atoms with Gasteiger partial charge in [0.25, 0.3) is 0 Å². The highest BCUT2D eigenvalue weighted by Crippen LogP contribution is 2.06. The van der Waals surface area contributed by atoms with Gasteiger partial charge >= 0.3 is 0 Å². The zero-order valence-electron chi connectivity index (χ0n) is 17.5. The van der Waals surface area contributed by atoms with Crippen LogP contribution in [0.5, 0.6) is 0 Å². The Labute approximate surface area is 175 Å². The van der Waals surface area contributed by atoms with Gasteiger partial charge < -0.3 is 5.32 Å². The van der Waals surface area contributed by atoms with Crippen LogP contribution >= 0.6 is 0 Å². The first-order chi connectivity index (χ1) is 14.2. The van der Waals surface area contributed by atoms with Crippen LogP contribution in [0.1, 0.15) is 24.5 Å². The Morgan fingerprint density at radius 3 is 2.28 bits per heavy atom. The molecule has 0 bridgehead atoms. The minimum Gasteiger partial charge on any atom is -0.353 e. The van der Waals surface area contributed by atoms with Crippen molar-refractivity contribution in [2.24, 2.45) is 0 Å². The zero-order chi connectivity index (χ0) is 20.3. The monoisotopic (exact) mass is 391 g/mol. The minimum atomic E-state index is 0.142. The lowest BCUT2D eigenvalue weighted by atomic mass is 10.1. The molecule has 4 heteroatoms. The second-order valence-electron chi connectivity index (χ2n) is 7.88. The largest absolute Gasteiger partial charge is 0.353 e. The Morgan fingerprint density at radius 2 is 1.59 bits per heavy atom. The van der Waals surface area contributed by atoms with E-state index in [1.807, 2.05) is 12.1 Å². The Morgan fingerprint density at radius 1 is 0.966 bits per heavy atom. The van der Waals surface area contributed by atoms with E-state index in [1.54, 1.807) is 0 Å². The van der Waals surface area contributed by atoms with Crippen molar-refractivity contribution in [3.63, 3.8) is 0 Å². The molecule has 1 unspecified atom stereocenters. The molecule has 4 nitrogen and oxygen atoms in total. The molecular formula is C25H33N3O. The fourth-order valence-electron chi connectivity index (χ4n) is 3.66. The number of nitrogens with one attached hydrogen (secondary N) is 1. The number of hydrogen-bond donors (Lipinski definition) is 1. The molecule has 2 aromatic carbocycles. The fraction of sp³-hybridized carbons (Fsp3) is 0.400. The number of rotatable bonds is 9. The maximum atomic E-state index is 12.4. The van der Waals surface area contributed by atoms with Crippen molar-refractivity contribution in [2.75, 3.05) is 39.3 Å². The van der Waals surface area contributed by atoms with Crippen LogP contribution in [-0.4, -0.2) is 61.0 Å². The van der Waals surface area contributed by atoms with E-state index in [2.05, 4.69) is 82.7 Å². The average molecular weight is 392 g/mol. The number of piperazine rings is 1. The summed E-state index contributed by atoms with van der Waals surface area (Å²) in [6.45, 7) is 7.48. The van der Waals surface area contributed by atoms with Crippen molar-refractivity contribution < 1.29 is 4.79 Å². The van der Waals surface area contributed by atoms with Gasteiger partial charge in [-0.2, -0.15) is 0 Å². The number of hydrogen-bond acceptors (Lipinski definition) is 3. The third-order valence-corrected chi connectivity index (χ3v) is 5.42. The van der Waals surface area contributed by atoms with Crippen LogP contribution in [0.2, 0.25) is 0 Å². The summed E-state index contributed by atoms with van der Waals surface area (Å²) in [4.78, 5) is 17.1. The van der Waals surface area contributed by atoms with Crippen molar-refractivity contribution in [3.8, 4) is 0 Å². The van der Waals surface area contributed by atoms with Crippen LogP contribution < -0.4 is 5.32 Å². The Kier molecular flexibility index (Phi) is 8.47. The summed E-state index contributed by atoms with van der Waals surface area (Å²) >= 11 is 0. The van der Waals surface area contributed by atoms with Crippen LogP contribution in [0.4, 0.5) is 0 Å². The molecule has 3 rings (SSSR count). The maximum Gasteiger partial charge on any atom is 0.234 e. The molecule has 1 aliphatic rings. The Bertz CT molecular complexity index is 752. The van der Waals surface area contributed by atoms with E-state index in [4.69, 9.17) is 0 Å². The van der Waals surface area contributed by atoms with E-state index in [-0.39, 0.29) is 11.9 Å². The predicted molar refractivity (Wildman–Crippen MR) is 121 cm³/mol. The fourth-order valence-corrected chi connectivity index (χ4v) is 3.66. The topological polar surface area (TPSA) is 35.6 Å². The summed E-state index contributed by atoms with van der Waals surface area (Å²) in [5.41, 5.74) is 2.57. The summed E-state index contributed by atoms with van der Waals surface area (Å²) in [5, 5.41) is 3.16. The van der Waals surface area contributed by atoms with E-state index in [0.29, 0.717) is 6.54 Å². The summed E-state index contributed by atoms with van der Waals surface area (Å²) in [5.74, 6) is 0.142.